The quantitative estimate of drug-likeness (QED) is 0.469. The molecule has 1 N–H and O–H groups in total. The third kappa shape index (κ3) is 4.77. The Kier molecular flexibility index (Phi) is 6.49. The maximum atomic E-state index is 12.6. The summed E-state index contributed by atoms with van der Waals surface area (Å²) in [6, 6.07) is 6.14. The minimum Gasteiger partial charge on any atom is -0.462 e. The first-order valence-corrected chi connectivity index (χ1v) is 11.3. The van der Waals surface area contributed by atoms with Gasteiger partial charge in [0.1, 0.15) is 6.54 Å². The number of carbonyl (C=O) groups excluding carboxylic acids is 5. The fourth-order valence-corrected chi connectivity index (χ4v) is 5.16. The van der Waals surface area contributed by atoms with E-state index in [-0.39, 0.29) is 41.4 Å². The molecule has 0 radical (unpaired) electrons. The Labute approximate surface area is 191 Å². The van der Waals surface area contributed by atoms with E-state index in [4.69, 9.17) is 9.47 Å². The Morgan fingerprint density at radius 1 is 1.00 bits per heavy atom. The van der Waals surface area contributed by atoms with Crippen LogP contribution in [-0.2, 0) is 28.7 Å². The van der Waals surface area contributed by atoms with Crippen LogP contribution in [0, 0.1) is 29.6 Å². The largest absolute Gasteiger partial charge is 0.462 e. The molecule has 0 spiro atoms. The molecule has 176 valence electrons. The number of hydrogen-bond donors (Lipinski definition) is 1. The van der Waals surface area contributed by atoms with Crippen LogP contribution < -0.4 is 5.32 Å². The second-order valence-electron chi connectivity index (χ2n) is 9.43. The van der Waals surface area contributed by atoms with Crippen LogP contribution in [0.1, 0.15) is 43.5 Å². The number of amides is 3. The molecule has 2 aliphatic carbocycles. The lowest BCUT2D eigenvalue weighted by molar-refractivity contribution is -0.154. The van der Waals surface area contributed by atoms with Gasteiger partial charge in [-0.3, -0.25) is 24.1 Å². The molecule has 9 nitrogen and oxygen atoms in total. The van der Waals surface area contributed by atoms with Crippen molar-refractivity contribution >= 4 is 35.3 Å². The Bertz CT molecular complexity index is 944. The van der Waals surface area contributed by atoms with Gasteiger partial charge in [0.2, 0.25) is 11.8 Å². The van der Waals surface area contributed by atoms with Crippen molar-refractivity contribution in [3.05, 3.63) is 29.8 Å². The highest BCUT2D eigenvalue weighted by Gasteiger charge is 2.61. The summed E-state index contributed by atoms with van der Waals surface area (Å²) in [7, 11) is 0. The van der Waals surface area contributed by atoms with Crippen LogP contribution in [0.15, 0.2) is 24.3 Å². The molecule has 1 saturated heterocycles. The molecule has 33 heavy (non-hydrogen) atoms. The second kappa shape index (κ2) is 9.33. The van der Waals surface area contributed by atoms with Gasteiger partial charge >= 0.3 is 11.9 Å². The SMILES string of the molecule is CC(C)COC(=O)c1ccc(NC(=O)COC(=O)CN2C(=O)[C@H]3[C@H]4CC[C@@H](C4)[C@@H]3C2=O)cc1. The first-order valence-electron chi connectivity index (χ1n) is 11.3. The van der Waals surface area contributed by atoms with Crippen LogP contribution >= 0.6 is 0 Å². The first kappa shape index (κ1) is 22.9. The molecule has 1 aromatic rings. The van der Waals surface area contributed by atoms with Crippen molar-refractivity contribution in [3.8, 4) is 0 Å². The monoisotopic (exact) mass is 456 g/mol. The number of nitrogens with zero attached hydrogens (tertiary/aromatic N) is 1. The molecule has 1 heterocycles. The molecule has 1 aliphatic heterocycles. The molecule has 1 aromatic carbocycles. The van der Waals surface area contributed by atoms with E-state index < -0.39 is 31.0 Å². The Morgan fingerprint density at radius 2 is 1.61 bits per heavy atom. The predicted octanol–water partition coefficient (Wildman–Crippen LogP) is 2.01. The maximum Gasteiger partial charge on any atom is 0.338 e. The predicted molar refractivity (Wildman–Crippen MR) is 116 cm³/mol. The summed E-state index contributed by atoms with van der Waals surface area (Å²) < 4.78 is 10.1. The third-order valence-corrected chi connectivity index (χ3v) is 6.62. The van der Waals surface area contributed by atoms with Gasteiger partial charge in [-0.25, -0.2) is 4.79 Å². The maximum absolute atomic E-state index is 12.6. The van der Waals surface area contributed by atoms with Crippen molar-refractivity contribution < 1.29 is 33.4 Å². The number of anilines is 1. The second-order valence-corrected chi connectivity index (χ2v) is 9.43. The number of ether oxygens (including phenoxy) is 2. The number of benzene rings is 1. The molecule has 4 atom stereocenters. The number of imide groups is 1. The standard InChI is InChI=1S/C24H28N2O7/c1-13(2)11-33-24(31)14-5-7-17(8-6-14)25-18(27)12-32-19(28)10-26-22(29)20-15-3-4-16(9-15)21(20)23(26)30/h5-8,13,15-16,20-21H,3-4,9-12H2,1-2H3,(H,25,27)/t15-,16-,20-,21-/m0/s1. The summed E-state index contributed by atoms with van der Waals surface area (Å²) in [5.74, 6) is -2.27. The van der Waals surface area contributed by atoms with Crippen molar-refractivity contribution in [2.24, 2.45) is 29.6 Å². The van der Waals surface area contributed by atoms with E-state index in [2.05, 4.69) is 5.32 Å². The van der Waals surface area contributed by atoms with Crippen molar-refractivity contribution in [1.29, 1.82) is 0 Å². The van der Waals surface area contributed by atoms with Gasteiger partial charge in [-0.15, -0.1) is 0 Å². The lowest BCUT2D eigenvalue weighted by Crippen LogP contribution is -2.38. The zero-order valence-electron chi connectivity index (χ0n) is 18.7. The number of hydrogen-bond acceptors (Lipinski definition) is 7. The van der Waals surface area contributed by atoms with Crippen LogP contribution in [-0.4, -0.2) is 54.3 Å². The van der Waals surface area contributed by atoms with Crippen LogP contribution in [0.5, 0.6) is 0 Å². The van der Waals surface area contributed by atoms with Gasteiger partial charge in [-0.05, 0) is 61.3 Å². The number of esters is 2. The molecule has 0 aromatic heterocycles. The van der Waals surface area contributed by atoms with E-state index >= 15 is 0 Å². The molecule has 4 rings (SSSR count). The van der Waals surface area contributed by atoms with Gasteiger partial charge in [0, 0.05) is 5.69 Å². The summed E-state index contributed by atoms with van der Waals surface area (Å²) in [5.41, 5.74) is 0.780. The highest BCUT2D eigenvalue weighted by molar-refractivity contribution is 6.08. The van der Waals surface area contributed by atoms with Crippen LogP contribution in [0.3, 0.4) is 0 Å². The molecule has 3 aliphatic rings. The normalized spacial score (nSPS) is 25.4. The summed E-state index contributed by atoms with van der Waals surface area (Å²) in [6.45, 7) is 3.18. The molecule has 2 bridgehead atoms. The number of fused-ring (bicyclic) bond motifs is 5. The van der Waals surface area contributed by atoms with Crippen LogP contribution in [0.25, 0.3) is 0 Å². The summed E-state index contributed by atoms with van der Waals surface area (Å²) in [4.78, 5) is 62.5. The van der Waals surface area contributed by atoms with Crippen molar-refractivity contribution in [2.75, 3.05) is 25.1 Å². The Morgan fingerprint density at radius 3 is 2.18 bits per heavy atom. The van der Waals surface area contributed by atoms with Crippen LogP contribution in [0.2, 0.25) is 0 Å². The van der Waals surface area contributed by atoms with Gasteiger partial charge < -0.3 is 14.8 Å². The van der Waals surface area contributed by atoms with E-state index in [0.717, 1.165) is 24.2 Å². The van der Waals surface area contributed by atoms with Gasteiger partial charge in [-0.2, -0.15) is 0 Å². The average Bonchev–Trinajstić information content (AvgIpc) is 3.47. The highest BCUT2D eigenvalue weighted by atomic mass is 16.5. The Balaban J connectivity index is 1.22. The van der Waals surface area contributed by atoms with Gasteiger partial charge in [0.05, 0.1) is 24.0 Å². The van der Waals surface area contributed by atoms with E-state index in [1.807, 2.05) is 13.8 Å². The molecule has 9 heteroatoms. The van der Waals surface area contributed by atoms with Gasteiger partial charge in [0.15, 0.2) is 6.61 Å². The van der Waals surface area contributed by atoms with E-state index in [1.165, 1.54) is 12.1 Å². The average molecular weight is 456 g/mol. The van der Waals surface area contributed by atoms with Crippen molar-refractivity contribution in [1.82, 2.24) is 4.90 Å². The minimum absolute atomic E-state index is 0.228. The molecule has 3 fully saturated rings. The highest BCUT2D eigenvalue weighted by Crippen LogP contribution is 2.56. The fourth-order valence-electron chi connectivity index (χ4n) is 5.16. The topological polar surface area (TPSA) is 119 Å². The molecular formula is C24H28N2O7. The fraction of sp³-hybridized carbons (Fsp3) is 0.542. The lowest BCUT2D eigenvalue weighted by atomic mass is 9.81. The zero-order valence-corrected chi connectivity index (χ0v) is 18.7. The molecular weight excluding hydrogens is 428 g/mol. The summed E-state index contributed by atoms with van der Waals surface area (Å²) >= 11 is 0. The summed E-state index contributed by atoms with van der Waals surface area (Å²) in [5, 5.41) is 2.56. The zero-order chi connectivity index (χ0) is 23.7. The molecule has 0 unspecified atom stereocenters. The number of rotatable bonds is 8. The number of likely N-dealkylation sites (tertiary alicyclic amines) is 1. The minimum atomic E-state index is -0.803. The van der Waals surface area contributed by atoms with Gasteiger partial charge in [0.25, 0.3) is 5.91 Å². The third-order valence-electron chi connectivity index (χ3n) is 6.62. The van der Waals surface area contributed by atoms with Crippen LogP contribution in [0.4, 0.5) is 5.69 Å². The molecule has 2 saturated carbocycles. The molecule has 3 amide bonds. The first-order chi connectivity index (χ1) is 15.7. The number of carbonyl (C=O) groups is 5. The summed E-state index contributed by atoms with van der Waals surface area (Å²) in [6.07, 6.45) is 2.85. The number of nitrogens with one attached hydrogen (secondary N) is 1. The van der Waals surface area contributed by atoms with Gasteiger partial charge in [-0.1, -0.05) is 13.8 Å². The smallest absolute Gasteiger partial charge is 0.338 e. The van der Waals surface area contributed by atoms with Crippen molar-refractivity contribution in [3.63, 3.8) is 0 Å². The van der Waals surface area contributed by atoms with Crippen molar-refractivity contribution in [2.45, 2.75) is 33.1 Å². The Hall–Kier alpha value is -3.23. The van der Waals surface area contributed by atoms with E-state index in [1.54, 1.807) is 12.1 Å². The van der Waals surface area contributed by atoms with E-state index in [9.17, 15) is 24.0 Å². The van der Waals surface area contributed by atoms with E-state index in [0.29, 0.717) is 17.9 Å². The lowest BCUT2D eigenvalue weighted by Gasteiger charge is -2.19.